The molecule has 0 aromatic carbocycles. The number of rotatable bonds is 0. The summed E-state index contributed by atoms with van der Waals surface area (Å²) in [5, 5.41) is 0. The molecule has 0 radical (unpaired) electrons. The van der Waals surface area contributed by atoms with Gasteiger partial charge in [0.2, 0.25) is 5.91 Å². The van der Waals surface area contributed by atoms with Crippen molar-refractivity contribution in [1.29, 1.82) is 0 Å². The van der Waals surface area contributed by atoms with Gasteiger partial charge in [0.15, 0.2) is 0 Å². The van der Waals surface area contributed by atoms with E-state index >= 15 is 0 Å². The van der Waals surface area contributed by atoms with Gasteiger partial charge < -0.3 is 4.90 Å². The highest BCUT2D eigenvalue weighted by atomic mass is 16.2. The molecule has 10 heavy (non-hydrogen) atoms. The van der Waals surface area contributed by atoms with E-state index in [4.69, 9.17) is 0 Å². The zero-order chi connectivity index (χ0) is 7.89. The molecule has 0 bridgehead atoms. The largest absolute Gasteiger partial charge is 0.329 e. The highest BCUT2D eigenvalue weighted by molar-refractivity contribution is 5.83. The summed E-state index contributed by atoms with van der Waals surface area (Å²) in [6.07, 6.45) is 0.252. The molecule has 1 rings (SSSR count). The fourth-order valence-corrected chi connectivity index (χ4v) is 1.25. The Balaban J connectivity index is 2.78. The van der Waals surface area contributed by atoms with Crippen LogP contribution in [0.4, 0.5) is 0 Å². The molecule has 2 unspecified atom stereocenters. The zero-order valence-corrected chi connectivity index (χ0v) is 6.96. The number of hydrogen-bond donors (Lipinski definition) is 0. The maximum atomic E-state index is 11.2. The fraction of sp³-hybridized carbons (Fsp3) is 0.857. The van der Waals surface area contributed by atoms with Crippen molar-refractivity contribution < 1.29 is 4.79 Å². The van der Waals surface area contributed by atoms with Gasteiger partial charge in [0.25, 0.3) is 0 Å². The maximum absolute atomic E-state index is 11.2. The molecule has 3 nitrogen and oxygen atoms in total. The molecule has 0 aliphatic carbocycles. The van der Waals surface area contributed by atoms with Crippen molar-refractivity contribution in [2.24, 2.45) is 0 Å². The van der Waals surface area contributed by atoms with Crippen molar-refractivity contribution in [3.8, 4) is 0 Å². The van der Waals surface area contributed by atoms with Crippen molar-refractivity contribution in [2.45, 2.75) is 26.1 Å². The van der Waals surface area contributed by atoms with E-state index < -0.39 is 0 Å². The average Bonchev–Trinajstić information content (AvgIpc) is 2.07. The first kappa shape index (κ1) is 7.54. The number of amides is 1. The molecule has 0 aromatic heterocycles. The van der Waals surface area contributed by atoms with Crippen LogP contribution < -0.4 is 0 Å². The van der Waals surface area contributed by atoms with Crippen molar-refractivity contribution in [3.63, 3.8) is 0 Å². The van der Waals surface area contributed by atoms with Crippen LogP contribution in [0.5, 0.6) is 0 Å². The lowest BCUT2D eigenvalue weighted by Crippen LogP contribution is -2.32. The monoisotopic (exact) mass is 142 g/mol. The predicted octanol–water partition coefficient (Wildman–Crippen LogP) is 0.125. The Morgan fingerprint density at radius 1 is 1.30 bits per heavy atom. The Hall–Kier alpha value is -0.570. The Kier molecular flexibility index (Phi) is 1.68. The Morgan fingerprint density at radius 3 is 1.90 bits per heavy atom. The second kappa shape index (κ2) is 2.23. The average molecular weight is 142 g/mol. The minimum atomic E-state index is 0.0556. The van der Waals surface area contributed by atoms with E-state index in [0.29, 0.717) is 0 Å². The van der Waals surface area contributed by atoms with Crippen LogP contribution >= 0.6 is 0 Å². The molecule has 1 fully saturated rings. The molecule has 0 spiro atoms. The molecule has 1 saturated heterocycles. The highest BCUT2D eigenvalue weighted by Gasteiger charge is 2.35. The predicted molar refractivity (Wildman–Crippen MR) is 39.5 cm³/mol. The molecule has 0 N–H and O–H groups in total. The Morgan fingerprint density at radius 2 is 1.80 bits per heavy atom. The van der Waals surface area contributed by atoms with E-state index in [1.165, 1.54) is 0 Å². The van der Waals surface area contributed by atoms with Crippen LogP contribution in [-0.2, 0) is 4.79 Å². The van der Waals surface area contributed by atoms with Crippen molar-refractivity contribution in [1.82, 2.24) is 9.80 Å². The molecule has 1 heterocycles. The first-order valence-electron chi connectivity index (χ1n) is 3.54. The lowest BCUT2D eigenvalue weighted by atomic mass is 10.3. The minimum absolute atomic E-state index is 0.0556. The second-order valence-corrected chi connectivity index (χ2v) is 2.92. The molecule has 3 heteroatoms. The zero-order valence-electron chi connectivity index (χ0n) is 6.96. The quantitative estimate of drug-likeness (QED) is 0.480. The lowest BCUT2D eigenvalue weighted by Gasteiger charge is -2.20. The summed E-state index contributed by atoms with van der Waals surface area (Å²) in [6.45, 7) is 3.96. The number of likely N-dealkylation sites (N-methyl/N-ethyl adjacent to an activating group) is 2. The minimum Gasteiger partial charge on any atom is -0.329 e. The molecular formula is C7H14N2O. The van der Waals surface area contributed by atoms with Gasteiger partial charge in [0, 0.05) is 7.05 Å². The van der Waals surface area contributed by atoms with Crippen LogP contribution in [0.2, 0.25) is 0 Å². The van der Waals surface area contributed by atoms with Crippen molar-refractivity contribution in [3.05, 3.63) is 0 Å². The SMILES string of the molecule is CC1C(=O)N(C)C(C)N1C. The van der Waals surface area contributed by atoms with E-state index in [2.05, 4.69) is 4.90 Å². The number of carbonyl (C=O) groups is 1. The summed E-state index contributed by atoms with van der Waals surface area (Å²) in [5.74, 6) is 0.218. The summed E-state index contributed by atoms with van der Waals surface area (Å²) in [5.41, 5.74) is 0. The van der Waals surface area contributed by atoms with Gasteiger partial charge in [-0.1, -0.05) is 0 Å². The highest BCUT2D eigenvalue weighted by Crippen LogP contribution is 2.16. The van der Waals surface area contributed by atoms with Crippen LogP contribution in [-0.4, -0.2) is 42.0 Å². The van der Waals surface area contributed by atoms with Crippen LogP contribution in [0.25, 0.3) is 0 Å². The van der Waals surface area contributed by atoms with E-state index in [0.717, 1.165) is 0 Å². The molecule has 2 atom stereocenters. The first-order chi connectivity index (χ1) is 4.55. The number of nitrogens with zero attached hydrogens (tertiary/aromatic N) is 2. The summed E-state index contributed by atoms with van der Waals surface area (Å²) in [6, 6.07) is 0.0556. The van der Waals surface area contributed by atoms with Gasteiger partial charge in [-0.2, -0.15) is 0 Å². The van der Waals surface area contributed by atoms with Crippen molar-refractivity contribution in [2.75, 3.05) is 14.1 Å². The third-order valence-corrected chi connectivity index (χ3v) is 2.47. The van der Waals surface area contributed by atoms with Crippen molar-refractivity contribution >= 4 is 5.91 Å². The maximum Gasteiger partial charge on any atom is 0.240 e. The molecule has 0 saturated carbocycles. The third kappa shape index (κ3) is 0.814. The summed E-state index contributed by atoms with van der Waals surface area (Å²) in [7, 11) is 3.81. The fourth-order valence-electron chi connectivity index (χ4n) is 1.25. The Bertz CT molecular complexity index is 142. The normalized spacial score (nSPS) is 35.6. The molecule has 0 aromatic rings. The first-order valence-corrected chi connectivity index (χ1v) is 3.54. The van der Waals surface area contributed by atoms with E-state index in [1.54, 1.807) is 4.90 Å². The van der Waals surface area contributed by atoms with Gasteiger partial charge in [-0.05, 0) is 20.9 Å². The lowest BCUT2D eigenvalue weighted by molar-refractivity contribution is -0.128. The van der Waals surface area contributed by atoms with E-state index in [-0.39, 0.29) is 18.1 Å². The van der Waals surface area contributed by atoms with Gasteiger partial charge in [-0.15, -0.1) is 0 Å². The smallest absolute Gasteiger partial charge is 0.240 e. The van der Waals surface area contributed by atoms with Gasteiger partial charge in [-0.3, -0.25) is 9.69 Å². The van der Waals surface area contributed by atoms with Crippen LogP contribution in [0.15, 0.2) is 0 Å². The molecule has 1 aliphatic heterocycles. The molecule has 58 valence electrons. The van der Waals surface area contributed by atoms with Crippen LogP contribution in [0.3, 0.4) is 0 Å². The van der Waals surface area contributed by atoms with Gasteiger partial charge in [0.1, 0.15) is 0 Å². The third-order valence-electron chi connectivity index (χ3n) is 2.47. The summed E-state index contributed by atoms with van der Waals surface area (Å²) >= 11 is 0. The van der Waals surface area contributed by atoms with Gasteiger partial charge in [-0.25, -0.2) is 0 Å². The molecule has 1 amide bonds. The second-order valence-electron chi connectivity index (χ2n) is 2.92. The van der Waals surface area contributed by atoms with E-state index in [1.807, 2.05) is 27.9 Å². The standard InChI is InChI=1S/C7H14N2O/c1-5-7(10)9(4)6(2)8(5)3/h5-6H,1-4H3. The number of hydrogen-bond acceptors (Lipinski definition) is 2. The molecular weight excluding hydrogens is 128 g/mol. The summed E-state index contributed by atoms with van der Waals surface area (Å²) in [4.78, 5) is 15.0. The van der Waals surface area contributed by atoms with Crippen LogP contribution in [0, 0.1) is 0 Å². The topological polar surface area (TPSA) is 23.6 Å². The van der Waals surface area contributed by atoms with Gasteiger partial charge in [0.05, 0.1) is 12.2 Å². The van der Waals surface area contributed by atoms with Gasteiger partial charge >= 0.3 is 0 Å². The van der Waals surface area contributed by atoms with Crippen LogP contribution in [0.1, 0.15) is 13.8 Å². The Labute approximate surface area is 61.6 Å². The van der Waals surface area contributed by atoms with E-state index in [9.17, 15) is 4.79 Å². The summed E-state index contributed by atoms with van der Waals surface area (Å²) < 4.78 is 0. The number of carbonyl (C=O) groups excluding carboxylic acids is 1. The molecule has 1 aliphatic rings.